The quantitative estimate of drug-likeness (QED) is 0.863. The Balaban J connectivity index is 2.21. The summed E-state index contributed by atoms with van der Waals surface area (Å²) in [7, 11) is 1.85. The summed E-state index contributed by atoms with van der Waals surface area (Å²) in [5, 5.41) is 0. The van der Waals surface area contributed by atoms with E-state index in [9.17, 15) is 0 Å². The number of methoxy groups -OCH3 is 1. The largest absolute Gasteiger partial charge is 0.380 e. The highest BCUT2D eigenvalue weighted by atomic mass is 32.2. The van der Waals surface area contributed by atoms with E-state index in [1.165, 1.54) is 30.9 Å². The van der Waals surface area contributed by atoms with Gasteiger partial charge in [-0.1, -0.05) is 20.8 Å². The highest BCUT2D eigenvalue weighted by Crippen LogP contribution is 2.46. The number of likely N-dealkylation sites (tertiary alicyclic amines) is 1. The molecule has 2 fully saturated rings. The van der Waals surface area contributed by atoms with E-state index in [1.54, 1.807) is 0 Å². The topological polar surface area (TPSA) is 38.5 Å². The van der Waals surface area contributed by atoms with E-state index in [1.807, 2.05) is 7.11 Å². The maximum absolute atomic E-state index is 6.27. The second-order valence-electron chi connectivity index (χ2n) is 6.91. The molecule has 0 aromatic heterocycles. The van der Waals surface area contributed by atoms with Crippen molar-refractivity contribution in [3.63, 3.8) is 0 Å². The molecule has 3 unspecified atom stereocenters. The molecule has 2 saturated heterocycles. The zero-order valence-electron chi connectivity index (χ0n) is 12.9. The van der Waals surface area contributed by atoms with Crippen molar-refractivity contribution in [3.8, 4) is 0 Å². The van der Waals surface area contributed by atoms with Crippen molar-refractivity contribution in [1.29, 1.82) is 0 Å². The van der Waals surface area contributed by atoms with Crippen molar-refractivity contribution >= 4 is 11.8 Å². The van der Waals surface area contributed by atoms with E-state index in [0.29, 0.717) is 17.4 Å². The Kier molecular flexibility index (Phi) is 4.87. The van der Waals surface area contributed by atoms with Gasteiger partial charge in [-0.15, -0.1) is 0 Å². The molecule has 2 aliphatic rings. The number of hydrogen-bond donors (Lipinski definition) is 1. The minimum Gasteiger partial charge on any atom is -0.380 e. The first-order valence-corrected chi connectivity index (χ1v) is 8.68. The number of hydrogen-bond acceptors (Lipinski definition) is 4. The van der Waals surface area contributed by atoms with E-state index in [4.69, 9.17) is 10.5 Å². The van der Waals surface area contributed by atoms with Gasteiger partial charge < -0.3 is 10.5 Å². The third-order valence-corrected chi connectivity index (χ3v) is 6.78. The van der Waals surface area contributed by atoms with E-state index < -0.39 is 0 Å². The lowest BCUT2D eigenvalue weighted by molar-refractivity contribution is -0.0757. The molecule has 4 heteroatoms. The van der Waals surface area contributed by atoms with Gasteiger partial charge in [-0.3, -0.25) is 4.90 Å². The molecule has 3 nitrogen and oxygen atoms in total. The number of nitrogens with zero attached hydrogens (tertiary/aromatic N) is 1. The average molecular weight is 286 g/mol. The molecular formula is C15H30N2OS. The molecule has 0 radical (unpaired) electrons. The van der Waals surface area contributed by atoms with Crippen LogP contribution in [-0.4, -0.2) is 54.8 Å². The first kappa shape index (κ1) is 15.6. The molecule has 112 valence electrons. The van der Waals surface area contributed by atoms with Gasteiger partial charge in [0.2, 0.25) is 0 Å². The van der Waals surface area contributed by atoms with E-state index >= 15 is 0 Å². The number of piperidine rings is 1. The molecule has 19 heavy (non-hydrogen) atoms. The van der Waals surface area contributed by atoms with Gasteiger partial charge in [0.05, 0.1) is 6.10 Å². The van der Waals surface area contributed by atoms with Gasteiger partial charge in [-0.05, 0) is 36.5 Å². The molecule has 2 heterocycles. The highest BCUT2D eigenvalue weighted by Gasteiger charge is 2.51. The second kappa shape index (κ2) is 5.92. The molecule has 0 aromatic carbocycles. The summed E-state index contributed by atoms with van der Waals surface area (Å²) >= 11 is 2.07. The van der Waals surface area contributed by atoms with Crippen LogP contribution in [0.4, 0.5) is 0 Å². The standard InChI is InChI=1S/C15H30N2OS/c1-12-5-7-17(9-13(12)18-4)15(10-16)11-19-8-6-14(15,2)3/h12-13H,5-11,16H2,1-4H3. The maximum Gasteiger partial charge on any atom is 0.0724 e. The van der Waals surface area contributed by atoms with Crippen LogP contribution in [0.1, 0.15) is 33.6 Å². The van der Waals surface area contributed by atoms with E-state index in [2.05, 4.69) is 37.4 Å². The Labute approximate surface area is 122 Å². The predicted octanol–water partition coefficient (Wildman–Crippen LogP) is 2.20. The van der Waals surface area contributed by atoms with Crippen LogP contribution >= 0.6 is 11.8 Å². The Morgan fingerprint density at radius 3 is 2.74 bits per heavy atom. The van der Waals surface area contributed by atoms with Crippen molar-refractivity contribution < 1.29 is 4.74 Å². The van der Waals surface area contributed by atoms with Crippen LogP contribution in [0.25, 0.3) is 0 Å². The summed E-state index contributed by atoms with van der Waals surface area (Å²) < 4.78 is 5.69. The van der Waals surface area contributed by atoms with Crippen molar-refractivity contribution in [3.05, 3.63) is 0 Å². The first-order valence-electron chi connectivity index (χ1n) is 7.52. The van der Waals surface area contributed by atoms with Gasteiger partial charge >= 0.3 is 0 Å². The lowest BCUT2D eigenvalue weighted by atomic mass is 9.69. The third kappa shape index (κ3) is 2.69. The van der Waals surface area contributed by atoms with Gasteiger partial charge in [-0.25, -0.2) is 0 Å². The van der Waals surface area contributed by atoms with E-state index in [-0.39, 0.29) is 5.54 Å². The smallest absolute Gasteiger partial charge is 0.0724 e. The molecule has 2 aliphatic heterocycles. The van der Waals surface area contributed by atoms with E-state index in [0.717, 1.165) is 13.1 Å². The molecule has 0 aliphatic carbocycles. The summed E-state index contributed by atoms with van der Waals surface area (Å²) in [6.45, 7) is 10.1. The van der Waals surface area contributed by atoms with Crippen molar-refractivity contribution in [2.75, 3.05) is 38.2 Å². The minimum absolute atomic E-state index is 0.146. The summed E-state index contributed by atoms with van der Waals surface area (Å²) in [6, 6.07) is 0. The summed E-state index contributed by atoms with van der Waals surface area (Å²) in [5.41, 5.74) is 6.71. The first-order chi connectivity index (χ1) is 8.97. The van der Waals surface area contributed by atoms with Crippen LogP contribution in [0.15, 0.2) is 0 Å². The fraction of sp³-hybridized carbons (Fsp3) is 1.00. The molecule has 2 rings (SSSR count). The lowest BCUT2D eigenvalue weighted by Crippen LogP contribution is -2.68. The number of rotatable bonds is 3. The number of nitrogens with two attached hydrogens (primary N) is 1. The summed E-state index contributed by atoms with van der Waals surface area (Å²) in [5.74, 6) is 3.10. The van der Waals surface area contributed by atoms with Gasteiger partial charge in [0.25, 0.3) is 0 Å². The third-order valence-electron chi connectivity index (χ3n) is 5.61. The van der Waals surface area contributed by atoms with Crippen LogP contribution in [0.2, 0.25) is 0 Å². The van der Waals surface area contributed by atoms with Gasteiger partial charge in [0.15, 0.2) is 0 Å². The van der Waals surface area contributed by atoms with Crippen LogP contribution in [0.3, 0.4) is 0 Å². The van der Waals surface area contributed by atoms with Gasteiger partial charge in [-0.2, -0.15) is 11.8 Å². The average Bonchev–Trinajstić information content (AvgIpc) is 2.39. The molecule has 3 atom stereocenters. The van der Waals surface area contributed by atoms with Crippen LogP contribution in [0, 0.1) is 11.3 Å². The fourth-order valence-corrected chi connectivity index (χ4v) is 5.54. The highest BCUT2D eigenvalue weighted by molar-refractivity contribution is 7.99. The Bertz CT molecular complexity index is 311. The zero-order valence-corrected chi connectivity index (χ0v) is 13.8. The molecule has 2 N–H and O–H groups in total. The molecule has 0 spiro atoms. The fourth-order valence-electron chi connectivity index (χ4n) is 3.71. The van der Waals surface area contributed by atoms with Crippen molar-refractivity contribution in [1.82, 2.24) is 4.90 Å². The summed E-state index contributed by atoms with van der Waals surface area (Å²) in [6.07, 6.45) is 2.85. The SMILES string of the molecule is COC1CN(C2(CN)CSCCC2(C)C)CCC1C. The van der Waals surface area contributed by atoms with Crippen LogP contribution < -0.4 is 5.73 Å². The van der Waals surface area contributed by atoms with Crippen LogP contribution in [0.5, 0.6) is 0 Å². The lowest BCUT2D eigenvalue weighted by Gasteiger charge is -2.58. The molecule has 0 amide bonds. The zero-order chi connectivity index (χ0) is 14.1. The second-order valence-corrected chi connectivity index (χ2v) is 8.01. The van der Waals surface area contributed by atoms with Crippen LogP contribution in [-0.2, 0) is 4.74 Å². The predicted molar refractivity (Wildman–Crippen MR) is 83.7 cm³/mol. The van der Waals surface area contributed by atoms with Gasteiger partial charge in [0, 0.05) is 31.5 Å². The molecular weight excluding hydrogens is 256 g/mol. The minimum atomic E-state index is 0.146. The molecule has 0 aromatic rings. The maximum atomic E-state index is 6.27. The molecule has 0 bridgehead atoms. The van der Waals surface area contributed by atoms with Crippen molar-refractivity contribution in [2.24, 2.45) is 17.1 Å². The Morgan fingerprint density at radius 2 is 2.16 bits per heavy atom. The Morgan fingerprint density at radius 1 is 1.42 bits per heavy atom. The number of thioether (sulfide) groups is 1. The normalized spacial score (nSPS) is 40.3. The monoisotopic (exact) mass is 286 g/mol. The number of ether oxygens (including phenoxy) is 1. The Hall–Kier alpha value is 0.230. The summed E-state index contributed by atoms with van der Waals surface area (Å²) in [4.78, 5) is 2.65. The van der Waals surface area contributed by atoms with Gasteiger partial charge in [0.1, 0.15) is 0 Å². The van der Waals surface area contributed by atoms with Crippen molar-refractivity contribution in [2.45, 2.75) is 45.3 Å². The molecule has 0 saturated carbocycles.